The van der Waals surface area contributed by atoms with Gasteiger partial charge in [-0.05, 0) is 23.8 Å². The molecule has 0 saturated heterocycles. The van der Waals surface area contributed by atoms with Gasteiger partial charge in [-0.25, -0.2) is 4.79 Å². The first-order valence-corrected chi connectivity index (χ1v) is 9.63. The lowest BCUT2D eigenvalue weighted by molar-refractivity contribution is -0.115. The SMILES string of the molecule is O=C(Cc1ccccc1)Nc1ccccc1C(=O)OCc1cccc2cccnc12. The van der Waals surface area contributed by atoms with Gasteiger partial charge in [0.05, 0.1) is 23.2 Å². The molecule has 1 N–H and O–H groups in total. The number of carbonyl (C=O) groups excluding carboxylic acids is 2. The van der Waals surface area contributed by atoms with Gasteiger partial charge in [0.1, 0.15) is 6.61 Å². The van der Waals surface area contributed by atoms with Crippen LogP contribution in [0.1, 0.15) is 21.5 Å². The third-order valence-corrected chi connectivity index (χ3v) is 4.70. The molecule has 0 fully saturated rings. The Balaban J connectivity index is 1.46. The number of fused-ring (bicyclic) bond motifs is 1. The van der Waals surface area contributed by atoms with Crippen LogP contribution in [0, 0.1) is 0 Å². The van der Waals surface area contributed by atoms with Crippen LogP contribution < -0.4 is 5.32 Å². The molecule has 4 rings (SSSR count). The van der Waals surface area contributed by atoms with Crippen LogP contribution in [0.4, 0.5) is 5.69 Å². The molecule has 0 aliphatic heterocycles. The number of anilines is 1. The first-order chi connectivity index (χ1) is 14.7. The minimum Gasteiger partial charge on any atom is -0.457 e. The average molecular weight is 396 g/mol. The molecule has 5 heteroatoms. The van der Waals surface area contributed by atoms with Crippen LogP contribution in [0.3, 0.4) is 0 Å². The highest BCUT2D eigenvalue weighted by Gasteiger charge is 2.15. The number of rotatable bonds is 6. The van der Waals surface area contributed by atoms with Crippen molar-refractivity contribution in [3.63, 3.8) is 0 Å². The van der Waals surface area contributed by atoms with E-state index in [0.717, 1.165) is 22.0 Å². The molecule has 0 radical (unpaired) electrons. The molecule has 1 heterocycles. The monoisotopic (exact) mass is 396 g/mol. The van der Waals surface area contributed by atoms with E-state index in [4.69, 9.17) is 4.74 Å². The Bertz CT molecular complexity index is 1180. The molecular formula is C25H20N2O3. The zero-order chi connectivity index (χ0) is 20.8. The van der Waals surface area contributed by atoms with Crippen LogP contribution in [0.25, 0.3) is 10.9 Å². The van der Waals surface area contributed by atoms with Crippen molar-refractivity contribution in [1.29, 1.82) is 0 Å². The third-order valence-electron chi connectivity index (χ3n) is 4.70. The molecule has 4 aromatic rings. The Kier molecular flexibility index (Phi) is 5.80. The van der Waals surface area contributed by atoms with Gasteiger partial charge in [0.15, 0.2) is 0 Å². The largest absolute Gasteiger partial charge is 0.457 e. The number of nitrogens with one attached hydrogen (secondary N) is 1. The molecule has 0 aliphatic carbocycles. The van der Waals surface area contributed by atoms with Crippen LogP contribution in [-0.2, 0) is 22.6 Å². The van der Waals surface area contributed by atoms with E-state index in [9.17, 15) is 9.59 Å². The maximum atomic E-state index is 12.7. The lowest BCUT2D eigenvalue weighted by atomic mass is 10.1. The predicted octanol–water partition coefficient (Wildman–Crippen LogP) is 4.77. The van der Waals surface area contributed by atoms with Gasteiger partial charge in [-0.15, -0.1) is 0 Å². The molecule has 1 amide bonds. The number of para-hydroxylation sites is 2. The first kappa shape index (κ1) is 19.3. The summed E-state index contributed by atoms with van der Waals surface area (Å²) in [4.78, 5) is 29.5. The number of esters is 1. The summed E-state index contributed by atoms with van der Waals surface area (Å²) in [6.07, 6.45) is 1.94. The highest BCUT2D eigenvalue weighted by atomic mass is 16.5. The molecule has 1 aromatic heterocycles. The van der Waals surface area contributed by atoms with E-state index in [-0.39, 0.29) is 18.9 Å². The third kappa shape index (κ3) is 4.52. The van der Waals surface area contributed by atoms with Gasteiger partial charge in [0.25, 0.3) is 0 Å². The molecule has 30 heavy (non-hydrogen) atoms. The van der Waals surface area contributed by atoms with Crippen molar-refractivity contribution in [2.75, 3.05) is 5.32 Å². The van der Waals surface area contributed by atoms with E-state index in [2.05, 4.69) is 10.3 Å². The normalized spacial score (nSPS) is 10.5. The summed E-state index contributed by atoms with van der Waals surface area (Å²) in [6, 6.07) is 25.9. The molecular weight excluding hydrogens is 376 g/mol. The number of aromatic nitrogens is 1. The minimum atomic E-state index is -0.501. The fourth-order valence-corrected chi connectivity index (χ4v) is 3.25. The van der Waals surface area contributed by atoms with Gasteiger partial charge < -0.3 is 10.1 Å². The van der Waals surface area contributed by atoms with Crippen molar-refractivity contribution in [2.45, 2.75) is 13.0 Å². The second kappa shape index (κ2) is 9.01. The molecule has 0 saturated carbocycles. The summed E-state index contributed by atoms with van der Waals surface area (Å²) in [6.45, 7) is 0.0967. The summed E-state index contributed by atoms with van der Waals surface area (Å²) < 4.78 is 5.53. The van der Waals surface area contributed by atoms with Gasteiger partial charge in [-0.1, -0.05) is 66.7 Å². The number of amides is 1. The Hall–Kier alpha value is -3.99. The van der Waals surface area contributed by atoms with Crippen LogP contribution >= 0.6 is 0 Å². The van der Waals surface area contributed by atoms with Gasteiger partial charge in [-0.2, -0.15) is 0 Å². The van der Waals surface area contributed by atoms with Crippen LogP contribution in [0.15, 0.2) is 91.1 Å². The number of hydrogen-bond donors (Lipinski definition) is 1. The summed E-state index contributed by atoms with van der Waals surface area (Å²) in [5.74, 6) is -0.696. The molecule has 148 valence electrons. The number of hydrogen-bond acceptors (Lipinski definition) is 4. The van der Waals surface area contributed by atoms with Crippen molar-refractivity contribution < 1.29 is 14.3 Å². The highest BCUT2D eigenvalue weighted by molar-refractivity contribution is 6.01. The summed E-state index contributed by atoms with van der Waals surface area (Å²) in [7, 11) is 0. The quantitative estimate of drug-likeness (QED) is 0.477. The Morgan fingerprint density at radius 3 is 2.47 bits per heavy atom. The first-order valence-electron chi connectivity index (χ1n) is 9.63. The lowest BCUT2D eigenvalue weighted by Gasteiger charge is -2.12. The molecule has 0 spiro atoms. The van der Waals surface area contributed by atoms with Crippen LogP contribution in [-0.4, -0.2) is 16.9 Å². The molecule has 0 aliphatic rings. The maximum Gasteiger partial charge on any atom is 0.340 e. The maximum absolute atomic E-state index is 12.7. The number of pyridine rings is 1. The van der Waals surface area contributed by atoms with Gasteiger partial charge >= 0.3 is 5.97 Å². The summed E-state index contributed by atoms with van der Waals surface area (Å²) >= 11 is 0. The van der Waals surface area contributed by atoms with Crippen molar-refractivity contribution in [2.24, 2.45) is 0 Å². The van der Waals surface area contributed by atoms with E-state index >= 15 is 0 Å². The number of nitrogens with zero attached hydrogens (tertiary/aromatic N) is 1. The summed E-state index contributed by atoms with van der Waals surface area (Å²) in [5.41, 5.74) is 3.27. The van der Waals surface area contributed by atoms with Crippen molar-refractivity contribution in [3.8, 4) is 0 Å². The molecule has 0 atom stereocenters. The number of ether oxygens (including phenoxy) is 1. The smallest absolute Gasteiger partial charge is 0.340 e. The Labute approximate surface area is 174 Å². The molecule has 5 nitrogen and oxygen atoms in total. The van der Waals surface area contributed by atoms with Crippen molar-refractivity contribution in [3.05, 3.63) is 108 Å². The molecule has 0 bridgehead atoms. The average Bonchev–Trinajstić information content (AvgIpc) is 2.78. The van der Waals surface area contributed by atoms with Gasteiger partial charge in [0.2, 0.25) is 5.91 Å². The second-order valence-corrected chi connectivity index (χ2v) is 6.82. The van der Waals surface area contributed by atoms with E-state index < -0.39 is 5.97 Å². The number of benzene rings is 3. The number of carbonyl (C=O) groups is 2. The molecule has 3 aromatic carbocycles. The zero-order valence-corrected chi connectivity index (χ0v) is 16.2. The van der Waals surface area contributed by atoms with E-state index in [1.54, 1.807) is 30.5 Å². The van der Waals surface area contributed by atoms with Gasteiger partial charge in [-0.3, -0.25) is 9.78 Å². The van der Waals surface area contributed by atoms with Crippen LogP contribution in [0.2, 0.25) is 0 Å². The predicted molar refractivity (Wildman–Crippen MR) is 116 cm³/mol. The lowest BCUT2D eigenvalue weighted by Crippen LogP contribution is -2.17. The van der Waals surface area contributed by atoms with Gasteiger partial charge in [0, 0.05) is 17.1 Å². The van der Waals surface area contributed by atoms with Crippen LogP contribution in [0.5, 0.6) is 0 Å². The Morgan fingerprint density at radius 2 is 1.60 bits per heavy atom. The van der Waals surface area contributed by atoms with E-state index in [1.807, 2.05) is 60.7 Å². The van der Waals surface area contributed by atoms with Crippen molar-refractivity contribution in [1.82, 2.24) is 4.98 Å². The van der Waals surface area contributed by atoms with Crippen molar-refractivity contribution >= 4 is 28.5 Å². The zero-order valence-electron chi connectivity index (χ0n) is 16.2. The topological polar surface area (TPSA) is 68.3 Å². The Morgan fingerprint density at radius 1 is 0.833 bits per heavy atom. The fourth-order valence-electron chi connectivity index (χ4n) is 3.25. The minimum absolute atomic E-state index is 0.0967. The van der Waals surface area contributed by atoms with E-state index in [1.165, 1.54) is 0 Å². The fraction of sp³-hybridized carbons (Fsp3) is 0.0800. The van der Waals surface area contributed by atoms with E-state index in [0.29, 0.717) is 11.3 Å². The standard InChI is InChI=1S/C25H20N2O3/c28-23(16-18-8-2-1-3-9-18)27-22-14-5-4-13-21(22)25(29)30-17-20-11-6-10-19-12-7-15-26-24(19)20/h1-15H,16-17H2,(H,27,28). The summed E-state index contributed by atoms with van der Waals surface area (Å²) in [5, 5.41) is 3.80. The molecule has 0 unspecified atom stereocenters. The second-order valence-electron chi connectivity index (χ2n) is 6.82. The highest BCUT2D eigenvalue weighted by Crippen LogP contribution is 2.20.